The Kier molecular flexibility index (Phi) is 8.29. The standard InChI is InChI=1S/C25H28F4N6O2/c1-30-13-16-14-34(11-10-33(16)2)23-20(31-25(36)19-8-9-35(32-19)15-21(27)28)12-18(26)24(22(23)29)37-17-6-4-3-5-7-17/h3-9,12,16,21,30H,10-11,13-15H2,1-2H3,(H,31,36)/t16-/m0/s1. The number of halogens is 4. The number of carbonyl (C=O) groups excluding carboxylic acids is 1. The molecule has 198 valence electrons. The molecule has 1 saturated heterocycles. The molecule has 2 N–H and O–H groups in total. The third-order valence-corrected chi connectivity index (χ3v) is 6.09. The predicted octanol–water partition coefficient (Wildman–Crippen LogP) is 3.81. The van der Waals surface area contributed by atoms with Crippen molar-refractivity contribution in [1.29, 1.82) is 0 Å². The molecule has 2 heterocycles. The molecule has 1 amide bonds. The van der Waals surface area contributed by atoms with Crippen LogP contribution >= 0.6 is 0 Å². The van der Waals surface area contributed by atoms with E-state index in [2.05, 4.69) is 20.6 Å². The van der Waals surface area contributed by atoms with Crippen LogP contribution in [0.25, 0.3) is 0 Å². The summed E-state index contributed by atoms with van der Waals surface area (Å²) >= 11 is 0. The van der Waals surface area contributed by atoms with Crippen LogP contribution in [0.4, 0.5) is 28.9 Å². The number of ether oxygens (including phenoxy) is 1. The highest BCUT2D eigenvalue weighted by Crippen LogP contribution is 2.40. The van der Waals surface area contributed by atoms with Crippen molar-refractivity contribution in [2.45, 2.75) is 19.0 Å². The zero-order chi connectivity index (χ0) is 26.5. The van der Waals surface area contributed by atoms with Gasteiger partial charge in [-0.2, -0.15) is 5.10 Å². The van der Waals surface area contributed by atoms with Gasteiger partial charge in [-0.05, 0) is 32.3 Å². The number of carbonyl (C=O) groups is 1. The lowest BCUT2D eigenvalue weighted by Gasteiger charge is -2.41. The second-order valence-electron chi connectivity index (χ2n) is 8.72. The average molecular weight is 521 g/mol. The van der Waals surface area contributed by atoms with E-state index in [9.17, 15) is 13.6 Å². The van der Waals surface area contributed by atoms with Crippen molar-refractivity contribution >= 4 is 17.3 Å². The fraction of sp³-hybridized carbons (Fsp3) is 0.360. The number of hydrogen-bond donors (Lipinski definition) is 2. The molecule has 4 rings (SSSR count). The number of likely N-dealkylation sites (N-methyl/N-ethyl adjacent to an activating group) is 2. The summed E-state index contributed by atoms with van der Waals surface area (Å²) in [4.78, 5) is 16.7. The molecule has 2 aromatic carbocycles. The molecule has 0 spiro atoms. The number of anilines is 2. The molecule has 12 heteroatoms. The zero-order valence-corrected chi connectivity index (χ0v) is 20.4. The van der Waals surface area contributed by atoms with Gasteiger partial charge in [0.1, 0.15) is 18.0 Å². The molecule has 3 aromatic rings. The number of para-hydroxylation sites is 1. The SMILES string of the molecule is CNC[C@H]1CN(c2c(NC(=O)c3ccn(CC(F)F)n3)cc(F)c(Oc3ccccc3)c2F)CCN1C. The summed E-state index contributed by atoms with van der Waals surface area (Å²) in [5.41, 5.74) is -0.304. The van der Waals surface area contributed by atoms with Crippen molar-refractivity contribution < 1.29 is 27.1 Å². The minimum absolute atomic E-state index is 0.0234. The summed E-state index contributed by atoms with van der Waals surface area (Å²) in [7, 11) is 3.78. The number of hydrogen-bond acceptors (Lipinski definition) is 6. The molecule has 0 bridgehead atoms. The Balaban J connectivity index is 1.70. The fourth-order valence-corrected chi connectivity index (χ4v) is 4.21. The van der Waals surface area contributed by atoms with E-state index in [1.807, 2.05) is 14.1 Å². The summed E-state index contributed by atoms with van der Waals surface area (Å²) < 4.78 is 62.9. The average Bonchev–Trinajstić information content (AvgIpc) is 3.32. The summed E-state index contributed by atoms with van der Waals surface area (Å²) in [6, 6.07) is 10.5. The third kappa shape index (κ3) is 6.20. The van der Waals surface area contributed by atoms with Gasteiger partial charge in [-0.15, -0.1) is 0 Å². The van der Waals surface area contributed by atoms with Crippen LogP contribution in [0.1, 0.15) is 10.5 Å². The number of piperazine rings is 1. The van der Waals surface area contributed by atoms with Crippen LogP contribution < -0.4 is 20.3 Å². The van der Waals surface area contributed by atoms with Crippen LogP contribution in [0.5, 0.6) is 11.5 Å². The Morgan fingerprint density at radius 2 is 1.95 bits per heavy atom. The minimum Gasteiger partial charge on any atom is -0.451 e. The highest BCUT2D eigenvalue weighted by Gasteiger charge is 2.31. The lowest BCUT2D eigenvalue weighted by Crippen LogP contribution is -2.55. The molecule has 1 aliphatic heterocycles. The van der Waals surface area contributed by atoms with Crippen molar-refractivity contribution in [3.8, 4) is 11.5 Å². The van der Waals surface area contributed by atoms with E-state index in [1.165, 1.54) is 12.3 Å². The first kappa shape index (κ1) is 26.4. The maximum Gasteiger partial charge on any atom is 0.276 e. The van der Waals surface area contributed by atoms with Gasteiger partial charge in [0.2, 0.25) is 5.75 Å². The van der Waals surface area contributed by atoms with Crippen LogP contribution in [0.3, 0.4) is 0 Å². The predicted molar refractivity (Wildman–Crippen MR) is 132 cm³/mol. The quantitative estimate of drug-likeness (QED) is 0.418. The van der Waals surface area contributed by atoms with Crippen LogP contribution in [-0.2, 0) is 6.54 Å². The van der Waals surface area contributed by atoms with Gasteiger partial charge in [0.25, 0.3) is 12.3 Å². The van der Waals surface area contributed by atoms with E-state index in [1.54, 1.807) is 35.2 Å². The molecule has 1 fully saturated rings. The second-order valence-corrected chi connectivity index (χ2v) is 8.72. The summed E-state index contributed by atoms with van der Waals surface area (Å²) in [5.74, 6) is -3.10. The van der Waals surface area contributed by atoms with E-state index in [-0.39, 0.29) is 28.9 Å². The first-order valence-electron chi connectivity index (χ1n) is 11.7. The molecule has 1 aromatic heterocycles. The van der Waals surface area contributed by atoms with Gasteiger partial charge in [-0.3, -0.25) is 14.4 Å². The van der Waals surface area contributed by atoms with Crippen molar-refractivity contribution in [1.82, 2.24) is 20.0 Å². The minimum atomic E-state index is -2.65. The van der Waals surface area contributed by atoms with Crippen molar-refractivity contribution in [2.75, 3.05) is 50.5 Å². The Bertz CT molecular complexity index is 1220. The number of rotatable bonds is 9. The van der Waals surface area contributed by atoms with Crippen LogP contribution in [-0.4, -0.2) is 73.3 Å². The molecule has 1 atom stereocenters. The lowest BCUT2D eigenvalue weighted by atomic mass is 10.1. The van der Waals surface area contributed by atoms with Gasteiger partial charge < -0.3 is 20.3 Å². The van der Waals surface area contributed by atoms with Gasteiger partial charge in [0.15, 0.2) is 17.3 Å². The first-order valence-corrected chi connectivity index (χ1v) is 11.7. The molecule has 1 aliphatic rings. The van der Waals surface area contributed by atoms with E-state index < -0.39 is 36.3 Å². The maximum absolute atomic E-state index is 16.0. The fourth-order valence-electron chi connectivity index (χ4n) is 4.21. The maximum atomic E-state index is 16.0. The zero-order valence-electron chi connectivity index (χ0n) is 20.4. The third-order valence-electron chi connectivity index (χ3n) is 6.09. The number of alkyl halides is 2. The number of benzene rings is 2. The Hall–Kier alpha value is -3.64. The Morgan fingerprint density at radius 3 is 2.65 bits per heavy atom. The molecular weight excluding hydrogens is 492 g/mol. The number of nitrogens with one attached hydrogen (secondary N) is 2. The largest absolute Gasteiger partial charge is 0.451 e. The van der Waals surface area contributed by atoms with E-state index >= 15 is 8.78 Å². The Morgan fingerprint density at radius 1 is 1.19 bits per heavy atom. The van der Waals surface area contributed by atoms with Gasteiger partial charge >= 0.3 is 0 Å². The lowest BCUT2D eigenvalue weighted by molar-refractivity contribution is 0.101. The van der Waals surface area contributed by atoms with E-state index in [0.29, 0.717) is 26.2 Å². The molecule has 8 nitrogen and oxygen atoms in total. The highest BCUT2D eigenvalue weighted by molar-refractivity contribution is 6.04. The molecular formula is C25H28F4N6O2. The molecule has 0 aliphatic carbocycles. The second kappa shape index (κ2) is 11.6. The number of aromatic nitrogens is 2. The molecule has 37 heavy (non-hydrogen) atoms. The van der Waals surface area contributed by atoms with Crippen LogP contribution in [0.2, 0.25) is 0 Å². The van der Waals surface area contributed by atoms with Gasteiger partial charge in [-0.1, -0.05) is 18.2 Å². The topological polar surface area (TPSA) is 74.7 Å². The molecule has 0 radical (unpaired) electrons. The molecule has 0 saturated carbocycles. The monoisotopic (exact) mass is 520 g/mol. The van der Waals surface area contributed by atoms with Gasteiger partial charge in [-0.25, -0.2) is 17.6 Å². The number of nitrogens with zero attached hydrogens (tertiary/aromatic N) is 4. The summed E-state index contributed by atoms with van der Waals surface area (Å²) in [6.45, 7) is 1.36. The highest BCUT2D eigenvalue weighted by atomic mass is 19.3. The summed E-state index contributed by atoms with van der Waals surface area (Å²) in [5, 5.41) is 9.46. The van der Waals surface area contributed by atoms with Gasteiger partial charge in [0.05, 0.1) is 5.69 Å². The van der Waals surface area contributed by atoms with Crippen molar-refractivity contribution in [2.24, 2.45) is 0 Å². The van der Waals surface area contributed by atoms with Crippen molar-refractivity contribution in [3.05, 3.63) is 66.0 Å². The van der Waals surface area contributed by atoms with E-state index in [4.69, 9.17) is 4.74 Å². The number of amides is 1. The molecule has 0 unspecified atom stereocenters. The summed E-state index contributed by atoms with van der Waals surface area (Å²) in [6.07, 6.45) is -1.41. The van der Waals surface area contributed by atoms with Gasteiger partial charge in [0, 0.05) is 44.5 Å². The Labute approximate surface area is 211 Å². The van der Waals surface area contributed by atoms with Crippen LogP contribution in [0.15, 0.2) is 48.7 Å². The van der Waals surface area contributed by atoms with Crippen molar-refractivity contribution in [3.63, 3.8) is 0 Å². The van der Waals surface area contributed by atoms with Crippen LogP contribution in [0, 0.1) is 11.6 Å². The normalized spacial score (nSPS) is 16.3. The first-order chi connectivity index (χ1) is 17.8. The van der Waals surface area contributed by atoms with E-state index in [0.717, 1.165) is 10.7 Å². The smallest absolute Gasteiger partial charge is 0.276 e.